The molecule has 0 aliphatic heterocycles. The van der Waals surface area contributed by atoms with Crippen molar-refractivity contribution < 1.29 is 65.5 Å². The maximum atomic E-state index is 10.8. The van der Waals surface area contributed by atoms with E-state index < -0.39 is 76.2 Å². The van der Waals surface area contributed by atoms with E-state index in [-0.39, 0.29) is 0 Å². The Hall–Kier alpha value is -3.86. The quantitative estimate of drug-likeness (QED) is 0.303. The van der Waals surface area contributed by atoms with Crippen molar-refractivity contribution in [2.24, 2.45) is 0 Å². The SMILES string of the molecule is O=C(O)c1ccc(C(=O)O)c(S(=O)(=O)O)c1.O=C(O)c1cccc(S(=O)(=O)O)c1C(=O)O. The smallest absolute Gasteiger partial charge is 0.338 e. The maximum Gasteiger partial charge on any atom is 0.338 e. The highest BCUT2D eigenvalue weighted by Crippen LogP contribution is 2.20. The van der Waals surface area contributed by atoms with Crippen molar-refractivity contribution in [2.45, 2.75) is 9.79 Å². The molecule has 14 nitrogen and oxygen atoms in total. The van der Waals surface area contributed by atoms with Crippen molar-refractivity contribution >= 4 is 44.1 Å². The molecule has 0 saturated heterocycles. The largest absolute Gasteiger partial charge is 0.478 e. The van der Waals surface area contributed by atoms with E-state index in [1.807, 2.05) is 0 Å². The van der Waals surface area contributed by atoms with E-state index in [4.69, 9.17) is 29.5 Å². The number of aromatic carboxylic acids is 4. The maximum absolute atomic E-state index is 10.8. The second-order valence-electron chi connectivity index (χ2n) is 5.56. The first kappa shape index (κ1) is 26.2. The van der Waals surface area contributed by atoms with Crippen molar-refractivity contribution in [3.05, 3.63) is 58.7 Å². The van der Waals surface area contributed by atoms with Crippen molar-refractivity contribution in [2.75, 3.05) is 0 Å². The first-order valence-electron chi connectivity index (χ1n) is 7.63. The summed E-state index contributed by atoms with van der Waals surface area (Å²) in [4.78, 5) is 40.7. The van der Waals surface area contributed by atoms with Gasteiger partial charge in [0, 0.05) is 0 Å². The van der Waals surface area contributed by atoms with Crippen LogP contribution < -0.4 is 0 Å². The van der Waals surface area contributed by atoms with Crippen LogP contribution >= 0.6 is 0 Å². The molecule has 0 fully saturated rings. The van der Waals surface area contributed by atoms with Gasteiger partial charge in [-0.15, -0.1) is 0 Å². The lowest BCUT2D eigenvalue weighted by Crippen LogP contribution is -2.14. The second-order valence-corrected chi connectivity index (χ2v) is 8.34. The van der Waals surface area contributed by atoms with Gasteiger partial charge in [-0.1, -0.05) is 6.07 Å². The molecule has 172 valence electrons. The fourth-order valence-electron chi connectivity index (χ4n) is 2.19. The molecular formula is C16H12O14S2. The summed E-state index contributed by atoms with van der Waals surface area (Å²) in [6, 6.07) is 5.08. The molecule has 0 heterocycles. The number of hydrogen-bond acceptors (Lipinski definition) is 8. The zero-order chi connectivity index (χ0) is 25.0. The van der Waals surface area contributed by atoms with Gasteiger partial charge in [0.15, 0.2) is 0 Å². The van der Waals surface area contributed by atoms with Gasteiger partial charge in [-0.05, 0) is 30.3 Å². The topological polar surface area (TPSA) is 258 Å². The number of carboxylic acids is 4. The van der Waals surface area contributed by atoms with Crippen molar-refractivity contribution in [3.63, 3.8) is 0 Å². The molecule has 0 aromatic heterocycles. The lowest BCUT2D eigenvalue weighted by Gasteiger charge is -2.05. The van der Waals surface area contributed by atoms with Crippen LogP contribution in [0.3, 0.4) is 0 Å². The van der Waals surface area contributed by atoms with E-state index in [0.717, 1.165) is 30.3 Å². The Morgan fingerprint density at radius 1 is 0.594 bits per heavy atom. The predicted octanol–water partition coefficient (Wildman–Crippen LogP) is 0.659. The molecule has 2 rings (SSSR count). The molecule has 0 radical (unpaired) electrons. The summed E-state index contributed by atoms with van der Waals surface area (Å²) < 4.78 is 60.8. The van der Waals surface area contributed by atoms with Crippen LogP contribution in [-0.4, -0.2) is 70.2 Å². The van der Waals surface area contributed by atoms with Crippen LogP contribution in [0.25, 0.3) is 0 Å². The molecule has 0 amide bonds. The fourth-order valence-corrected chi connectivity index (χ4v) is 3.61. The standard InChI is InChI=1S/2C8H6O7S/c9-7(10)4-1-2-5(8(11)12)6(3-4)16(13,14)15;9-7(10)4-2-1-3-5(16(13,14)15)6(4)8(11)12/h2*1-3H,(H,9,10)(H,11,12)(H,13,14,15). The van der Waals surface area contributed by atoms with Crippen LogP contribution in [0.2, 0.25) is 0 Å². The first-order chi connectivity index (χ1) is 14.5. The van der Waals surface area contributed by atoms with Crippen molar-refractivity contribution in [3.8, 4) is 0 Å². The number of rotatable bonds is 6. The predicted molar refractivity (Wildman–Crippen MR) is 100 cm³/mol. The molecule has 0 saturated carbocycles. The Morgan fingerprint density at radius 2 is 1.09 bits per heavy atom. The summed E-state index contributed by atoms with van der Waals surface area (Å²) in [7, 11) is -9.56. The van der Waals surface area contributed by atoms with E-state index in [0.29, 0.717) is 6.07 Å². The van der Waals surface area contributed by atoms with Crippen molar-refractivity contribution in [1.82, 2.24) is 0 Å². The summed E-state index contributed by atoms with van der Waals surface area (Å²) in [5, 5.41) is 34.6. The Balaban J connectivity index is 0.000000320. The van der Waals surface area contributed by atoms with E-state index in [9.17, 15) is 36.0 Å². The molecule has 0 atom stereocenters. The summed E-state index contributed by atoms with van der Waals surface area (Å²) >= 11 is 0. The van der Waals surface area contributed by atoms with Gasteiger partial charge >= 0.3 is 23.9 Å². The third-order valence-corrected chi connectivity index (χ3v) is 5.27. The minimum Gasteiger partial charge on any atom is -0.478 e. The average molecular weight is 492 g/mol. The molecule has 2 aromatic carbocycles. The highest BCUT2D eigenvalue weighted by Gasteiger charge is 2.26. The molecule has 16 heteroatoms. The van der Waals surface area contributed by atoms with Gasteiger partial charge in [-0.3, -0.25) is 9.11 Å². The van der Waals surface area contributed by atoms with E-state index in [1.54, 1.807) is 0 Å². The molecule has 0 aliphatic rings. The summed E-state index contributed by atoms with van der Waals surface area (Å²) in [6.45, 7) is 0. The third kappa shape index (κ3) is 6.32. The summed E-state index contributed by atoms with van der Waals surface area (Å²) in [5.74, 6) is -6.35. The van der Waals surface area contributed by atoms with Crippen LogP contribution in [0.4, 0.5) is 0 Å². The Kier molecular flexibility index (Phi) is 7.79. The third-order valence-electron chi connectivity index (χ3n) is 3.49. The zero-order valence-corrected chi connectivity index (χ0v) is 16.9. The van der Waals surface area contributed by atoms with E-state index in [2.05, 4.69) is 0 Å². The summed E-state index contributed by atoms with van der Waals surface area (Å²) in [6.07, 6.45) is 0. The van der Waals surface area contributed by atoms with Gasteiger partial charge in [0.25, 0.3) is 20.2 Å². The van der Waals surface area contributed by atoms with Crippen LogP contribution in [0, 0.1) is 0 Å². The molecule has 2 aromatic rings. The monoisotopic (exact) mass is 492 g/mol. The van der Waals surface area contributed by atoms with E-state index >= 15 is 0 Å². The van der Waals surface area contributed by atoms with Gasteiger partial charge in [-0.2, -0.15) is 16.8 Å². The molecule has 0 aliphatic carbocycles. The Labute approximate surface area is 178 Å². The van der Waals surface area contributed by atoms with Crippen molar-refractivity contribution in [1.29, 1.82) is 0 Å². The average Bonchev–Trinajstić information content (AvgIpc) is 2.65. The summed E-state index contributed by atoms with van der Waals surface area (Å²) in [5.41, 5.74) is -2.79. The van der Waals surface area contributed by atoms with Gasteiger partial charge in [-0.25, -0.2) is 19.2 Å². The van der Waals surface area contributed by atoms with E-state index in [1.165, 1.54) is 0 Å². The highest BCUT2D eigenvalue weighted by atomic mass is 32.2. The van der Waals surface area contributed by atoms with Crippen LogP contribution in [0.15, 0.2) is 46.2 Å². The minimum absolute atomic E-state index is 0.433. The number of carboxylic acid groups (broad SMARTS) is 4. The molecular weight excluding hydrogens is 480 g/mol. The lowest BCUT2D eigenvalue weighted by atomic mass is 10.1. The Morgan fingerprint density at radius 3 is 1.47 bits per heavy atom. The Bertz CT molecular complexity index is 1290. The highest BCUT2D eigenvalue weighted by molar-refractivity contribution is 7.86. The van der Waals surface area contributed by atoms with Gasteiger partial charge < -0.3 is 20.4 Å². The molecule has 0 unspecified atom stereocenters. The van der Waals surface area contributed by atoms with Gasteiger partial charge in [0.1, 0.15) is 9.79 Å². The van der Waals surface area contributed by atoms with Gasteiger partial charge in [0.05, 0.1) is 22.3 Å². The zero-order valence-electron chi connectivity index (χ0n) is 15.2. The molecule has 0 spiro atoms. The van der Waals surface area contributed by atoms with Crippen LogP contribution in [-0.2, 0) is 20.2 Å². The minimum atomic E-state index is -4.78. The first-order valence-corrected chi connectivity index (χ1v) is 10.5. The molecule has 0 bridgehead atoms. The molecule has 6 N–H and O–H groups in total. The number of benzene rings is 2. The number of carbonyl (C=O) groups is 4. The molecule has 32 heavy (non-hydrogen) atoms. The van der Waals surface area contributed by atoms with Crippen LogP contribution in [0.1, 0.15) is 41.4 Å². The second kappa shape index (κ2) is 9.52. The normalized spacial score (nSPS) is 11.1. The van der Waals surface area contributed by atoms with Gasteiger partial charge in [0.2, 0.25) is 0 Å². The number of hydrogen-bond donors (Lipinski definition) is 6. The lowest BCUT2D eigenvalue weighted by molar-refractivity contribution is 0.0648. The fraction of sp³-hybridized carbons (Fsp3) is 0. The van der Waals surface area contributed by atoms with Crippen LogP contribution in [0.5, 0.6) is 0 Å².